The SMILES string of the molecule is O=C(NC1CN2CC[C@H]1C2)c1cn2cccc2cn1. The van der Waals surface area contributed by atoms with Crippen LogP contribution in [0, 0.1) is 5.92 Å². The maximum atomic E-state index is 12.2. The van der Waals surface area contributed by atoms with Crippen LogP contribution in [0.15, 0.2) is 30.7 Å². The van der Waals surface area contributed by atoms with Crippen molar-refractivity contribution in [1.29, 1.82) is 0 Å². The van der Waals surface area contributed by atoms with Gasteiger partial charge in [0.05, 0.1) is 11.7 Å². The molecule has 0 spiro atoms. The van der Waals surface area contributed by atoms with Crippen molar-refractivity contribution in [2.24, 2.45) is 5.92 Å². The maximum Gasteiger partial charge on any atom is 0.271 e. The lowest BCUT2D eigenvalue weighted by Crippen LogP contribution is -2.43. The zero-order valence-corrected chi connectivity index (χ0v) is 10.6. The minimum Gasteiger partial charge on any atom is -0.346 e. The number of nitrogens with one attached hydrogen (secondary N) is 1. The third kappa shape index (κ3) is 1.81. The fourth-order valence-corrected chi connectivity index (χ4v) is 3.24. The normalized spacial score (nSPS) is 28.9. The largest absolute Gasteiger partial charge is 0.346 e. The summed E-state index contributed by atoms with van der Waals surface area (Å²) in [4.78, 5) is 18.9. The molecule has 1 amide bonds. The van der Waals surface area contributed by atoms with Crippen LogP contribution >= 0.6 is 0 Å². The molecular formula is C14H16N4O. The van der Waals surface area contributed by atoms with E-state index < -0.39 is 0 Å². The molecule has 2 saturated heterocycles. The molecule has 2 aliphatic heterocycles. The predicted molar refractivity (Wildman–Crippen MR) is 71.0 cm³/mol. The quantitative estimate of drug-likeness (QED) is 0.863. The lowest BCUT2D eigenvalue weighted by Gasteiger charge is -2.22. The predicted octanol–water partition coefficient (Wildman–Crippen LogP) is 0.768. The van der Waals surface area contributed by atoms with E-state index in [1.54, 1.807) is 12.4 Å². The molecule has 2 bridgehead atoms. The number of fused-ring (bicyclic) bond motifs is 3. The van der Waals surface area contributed by atoms with Crippen LogP contribution in [0.4, 0.5) is 0 Å². The van der Waals surface area contributed by atoms with Crippen molar-refractivity contribution in [1.82, 2.24) is 19.6 Å². The first-order valence-corrected chi connectivity index (χ1v) is 6.75. The number of piperidine rings is 1. The van der Waals surface area contributed by atoms with Gasteiger partial charge in [0.15, 0.2) is 0 Å². The van der Waals surface area contributed by atoms with Crippen molar-refractivity contribution in [2.45, 2.75) is 12.5 Å². The standard InChI is InChI=1S/C14H16N4O/c19-14(16-12-8-17-5-3-10(12)7-17)13-9-18-4-1-2-11(18)6-15-13/h1-2,4,6,9-10,12H,3,5,7-8H2,(H,16,19)/t10-,12?/m0/s1. The van der Waals surface area contributed by atoms with Crippen LogP contribution in [0.1, 0.15) is 16.9 Å². The summed E-state index contributed by atoms with van der Waals surface area (Å²) in [6, 6.07) is 4.21. The fraction of sp³-hybridized carbons (Fsp3) is 0.429. The minimum atomic E-state index is -0.0608. The van der Waals surface area contributed by atoms with Gasteiger partial charge in [-0.1, -0.05) is 0 Å². The molecule has 2 aromatic heterocycles. The minimum absolute atomic E-state index is 0.0608. The number of hydrogen-bond acceptors (Lipinski definition) is 3. The number of aromatic nitrogens is 2. The highest BCUT2D eigenvalue weighted by atomic mass is 16.2. The molecule has 5 nitrogen and oxygen atoms in total. The number of nitrogens with zero attached hydrogens (tertiary/aromatic N) is 3. The number of carbonyl (C=O) groups is 1. The van der Waals surface area contributed by atoms with Gasteiger partial charge >= 0.3 is 0 Å². The summed E-state index contributed by atoms with van der Waals surface area (Å²) in [7, 11) is 0. The zero-order chi connectivity index (χ0) is 12.8. The Bertz CT molecular complexity index is 635. The van der Waals surface area contributed by atoms with Gasteiger partial charge in [0, 0.05) is 31.5 Å². The van der Waals surface area contributed by atoms with E-state index in [0.717, 1.165) is 18.6 Å². The molecule has 98 valence electrons. The molecule has 0 aromatic carbocycles. The van der Waals surface area contributed by atoms with Gasteiger partial charge in [0.2, 0.25) is 0 Å². The average molecular weight is 256 g/mol. The Balaban J connectivity index is 1.53. The van der Waals surface area contributed by atoms with Crippen molar-refractivity contribution in [3.8, 4) is 0 Å². The van der Waals surface area contributed by atoms with E-state index in [-0.39, 0.29) is 5.91 Å². The van der Waals surface area contributed by atoms with E-state index in [2.05, 4.69) is 15.2 Å². The summed E-state index contributed by atoms with van der Waals surface area (Å²) in [5, 5.41) is 3.13. The Morgan fingerprint density at radius 3 is 3.16 bits per heavy atom. The number of amides is 1. The monoisotopic (exact) mass is 256 g/mol. The van der Waals surface area contributed by atoms with Crippen LogP contribution in [0.5, 0.6) is 0 Å². The number of rotatable bonds is 2. The molecule has 3 atom stereocenters. The lowest BCUT2D eigenvalue weighted by molar-refractivity contribution is 0.0919. The topological polar surface area (TPSA) is 49.6 Å². The van der Waals surface area contributed by atoms with Crippen LogP contribution in [0.25, 0.3) is 5.52 Å². The third-order valence-electron chi connectivity index (χ3n) is 4.29. The van der Waals surface area contributed by atoms with E-state index in [9.17, 15) is 4.79 Å². The summed E-state index contributed by atoms with van der Waals surface area (Å²) in [5.74, 6) is 0.564. The van der Waals surface area contributed by atoms with E-state index in [4.69, 9.17) is 0 Å². The van der Waals surface area contributed by atoms with Crippen LogP contribution < -0.4 is 5.32 Å². The van der Waals surface area contributed by atoms with Gasteiger partial charge < -0.3 is 14.6 Å². The molecule has 0 aliphatic carbocycles. The molecule has 5 heteroatoms. The summed E-state index contributed by atoms with van der Waals surface area (Å²) in [5.41, 5.74) is 1.49. The first-order valence-electron chi connectivity index (χ1n) is 6.75. The van der Waals surface area contributed by atoms with Gasteiger partial charge in [0.1, 0.15) is 5.69 Å². The highest BCUT2D eigenvalue weighted by molar-refractivity contribution is 5.92. The van der Waals surface area contributed by atoms with Gasteiger partial charge in [-0.05, 0) is 31.0 Å². The van der Waals surface area contributed by atoms with Crippen LogP contribution in [0.3, 0.4) is 0 Å². The van der Waals surface area contributed by atoms with Crippen molar-refractivity contribution >= 4 is 11.4 Å². The fourth-order valence-electron chi connectivity index (χ4n) is 3.24. The van der Waals surface area contributed by atoms with Crippen LogP contribution in [0.2, 0.25) is 0 Å². The van der Waals surface area contributed by atoms with Crippen molar-refractivity contribution in [3.63, 3.8) is 0 Å². The second-order valence-corrected chi connectivity index (χ2v) is 5.50. The average Bonchev–Trinajstić information content (AvgIpc) is 3.13. The Hall–Kier alpha value is -1.88. The number of hydrogen-bond donors (Lipinski definition) is 1. The smallest absolute Gasteiger partial charge is 0.271 e. The zero-order valence-electron chi connectivity index (χ0n) is 10.6. The third-order valence-corrected chi connectivity index (χ3v) is 4.29. The van der Waals surface area contributed by atoms with Gasteiger partial charge in [-0.25, -0.2) is 4.98 Å². The molecule has 1 N–H and O–H groups in total. The molecule has 0 radical (unpaired) electrons. The summed E-state index contributed by atoms with van der Waals surface area (Å²) < 4.78 is 1.92. The molecular weight excluding hydrogens is 240 g/mol. The highest BCUT2D eigenvalue weighted by Crippen LogP contribution is 2.27. The molecule has 0 saturated carbocycles. The van der Waals surface area contributed by atoms with Crippen LogP contribution in [-0.4, -0.2) is 45.9 Å². The second kappa shape index (κ2) is 4.06. The Labute approximate surface area is 111 Å². The van der Waals surface area contributed by atoms with E-state index in [1.165, 1.54) is 13.0 Å². The summed E-state index contributed by atoms with van der Waals surface area (Å²) in [6.07, 6.45) is 6.66. The van der Waals surface area contributed by atoms with E-state index in [1.807, 2.05) is 22.7 Å². The first-order chi connectivity index (χ1) is 9.29. The van der Waals surface area contributed by atoms with E-state index >= 15 is 0 Å². The van der Waals surface area contributed by atoms with Gasteiger partial charge in [-0.15, -0.1) is 0 Å². The molecule has 2 aliphatic rings. The molecule has 2 unspecified atom stereocenters. The molecule has 4 heterocycles. The number of carbonyl (C=O) groups excluding carboxylic acids is 1. The Kier molecular flexibility index (Phi) is 2.35. The second-order valence-electron chi connectivity index (χ2n) is 5.50. The summed E-state index contributed by atoms with van der Waals surface area (Å²) >= 11 is 0. The van der Waals surface area contributed by atoms with Crippen molar-refractivity contribution < 1.29 is 4.79 Å². The van der Waals surface area contributed by atoms with Gasteiger partial charge in [-0.3, -0.25) is 4.79 Å². The van der Waals surface area contributed by atoms with Gasteiger partial charge in [0.25, 0.3) is 5.91 Å². The maximum absolute atomic E-state index is 12.2. The Morgan fingerprint density at radius 2 is 2.37 bits per heavy atom. The first kappa shape index (κ1) is 11.0. The lowest BCUT2D eigenvalue weighted by atomic mass is 10.00. The van der Waals surface area contributed by atoms with Crippen molar-refractivity contribution in [3.05, 3.63) is 36.4 Å². The van der Waals surface area contributed by atoms with E-state index in [0.29, 0.717) is 17.7 Å². The molecule has 2 fully saturated rings. The molecule has 2 aromatic rings. The Morgan fingerprint density at radius 1 is 1.42 bits per heavy atom. The van der Waals surface area contributed by atoms with Gasteiger partial charge in [-0.2, -0.15) is 0 Å². The molecule has 4 rings (SSSR count). The van der Waals surface area contributed by atoms with Crippen molar-refractivity contribution in [2.75, 3.05) is 19.6 Å². The summed E-state index contributed by atoms with van der Waals surface area (Å²) in [6.45, 7) is 3.31. The molecule has 19 heavy (non-hydrogen) atoms. The highest BCUT2D eigenvalue weighted by Gasteiger charge is 2.38. The van der Waals surface area contributed by atoms with Crippen LogP contribution in [-0.2, 0) is 0 Å².